The van der Waals surface area contributed by atoms with Crippen molar-refractivity contribution in [2.24, 2.45) is 0 Å². The zero-order valence-electron chi connectivity index (χ0n) is 16.1. The van der Waals surface area contributed by atoms with Crippen LogP contribution in [0, 0.1) is 0 Å². The minimum absolute atomic E-state index is 0.213. The van der Waals surface area contributed by atoms with E-state index in [-0.39, 0.29) is 6.10 Å². The van der Waals surface area contributed by atoms with Crippen molar-refractivity contribution in [3.8, 4) is 0 Å². The van der Waals surface area contributed by atoms with Crippen LogP contribution in [-0.4, -0.2) is 65.8 Å². The largest absolute Gasteiger partial charge is 0.479 e. The van der Waals surface area contributed by atoms with Gasteiger partial charge in [0.25, 0.3) is 0 Å². The monoisotopic (exact) mass is 402 g/mol. The van der Waals surface area contributed by atoms with Crippen molar-refractivity contribution in [1.82, 2.24) is 0 Å². The number of ether oxygens (including phenoxy) is 5. The molecule has 10 nitrogen and oxygen atoms in total. The molecule has 2 fully saturated rings. The molecule has 2 aliphatic rings. The molecule has 1 saturated heterocycles. The predicted octanol–water partition coefficient (Wildman–Crippen LogP) is 0.940. The molecule has 0 unspecified atom stereocenters. The molecule has 1 N–H and O–H groups in total. The third kappa shape index (κ3) is 5.90. The zero-order chi connectivity index (χ0) is 20.8. The van der Waals surface area contributed by atoms with Crippen molar-refractivity contribution in [2.45, 2.75) is 89.7 Å². The molecule has 28 heavy (non-hydrogen) atoms. The molecule has 1 aliphatic carbocycles. The Hall–Kier alpha value is -2.20. The van der Waals surface area contributed by atoms with Crippen LogP contribution in [0.25, 0.3) is 0 Å². The summed E-state index contributed by atoms with van der Waals surface area (Å²) in [6.07, 6.45) is -2.89. The molecule has 0 aromatic rings. The van der Waals surface area contributed by atoms with Crippen LogP contribution >= 0.6 is 0 Å². The van der Waals surface area contributed by atoms with E-state index in [4.69, 9.17) is 23.7 Å². The van der Waals surface area contributed by atoms with Crippen LogP contribution in [0.15, 0.2) is 0 Å². The fourth-order valence-corrected chi connectivity index (χ4v) is 3.47. The summed E-state index contributed by atoms with van der Waals surface area (Å²) in [7, 11) is 0. The second-order valence-corrected chi connectivity index (χ2v) is 6.88. The number of carbonyl (C=O) groups is 4. The van der Waals surface area contributed by atoms with Crippen LogP contribution in [0.1, 0.15) is 52.9 Å². The number of carbonyl (C=O) groups excluding carboxylic acids is 3. The fourth-order valence-electron chi connectivity index (χ4n) is 3.47. The van der Waals surface area contributed by atoms with E-state index < -0.39 is 54.6 Å². The Balaban J connectivity index is 2.35. The van der Waals surface area contributed by atoms with E-state index >= 15 is 0 Å². The molecule has 0 aromatic carbocycles. The van der Waals surface area contributed by atoms with Crippen molar-refractivity contribution in [3.05, 3.63) is 0 Å². The Kier molecular flexibility index (Phi) is 7.76. The molecule has 158 valence electrons. The van der Waals surface area contributed by atoms with E-state index in [2.05, 4.69) is 0 Å². The maximum Gasteiger partial charge on any atom is 0.337 e. The SMILES string of the molecule is CC(=O)O[C@@H]1[C@@H](OC(C)=O)[C@@H](OC2CCCCC2)O[C@H](C(=O)O)[C@H]1OC(C)=O. The number of carboxylic acids is 1. The van der Waals surface area contributed by atoms with Gasteiger partial charge in [-0.15, -0.1) is 0 Å². The van der Waals surface area contributed by atoms with Gasteiger partial charge in [-0.1, -0.05) is 19.3 Å². The first-order valence-electron chi connectivity index (χ1n) is 9.24. The first-order valence-corrected chi connectivity index (χ1v) is 9.24. The highest BCUT2D eigenvalue weighted by Gasteiger charge is 2.55. The van der Waals surface area contributed by atoms with Crippen molar-refractivity contribution in [2.75, 3.05) is 0 Å². The van der Waals surface area contributed by atoms with Gasteiger partial charge in [-0.25, -0.2) is 4.79 Å². The van der Waals surface area contributed by atoms with Crippen LogP contribution in [0.2, 0.25) is 0 Å². The molecule has 0 radical (unpaired) electrons. The minimum atomic E-state index is -1.66. The van der Waals surface area contributed by atoms with Gasteiger partial charge < -0.3 is 28.8 Å². The van der Waals surface area contributed by atoms with Gasteiger partial charge in [0, 0.05) is 20.8 Å². The summed E-state index contributed by atoms with van der Waals surface area (Å²) in [5.74, 6) is -3.70. The number of hydrogen-bond acceptors (Lipinski definition) is 9. The van der Waals surface area contributed by atoms with Gasteiger partial charge in [-0.2, -0.15) is 0 Å². The number of carboxylic acid groups (broad SMARTS) is 1. The molecule has 1 aliphatic heterocycles. The summed E-state index contributed by atoms with van der Waals surface area (Å²) < 4.78 is 26.9. The predicted molar refractivity (Wildman–Crippen MR) is 90.9 cm³/mol. The molecule has 5 atom stereocenters. The number of hydrogen-bond donors (Lipinski definition) is 1. The maximum atomic E-state index is 11.7. The summed E-state index contributed by atoms with van der Waals surface area (Å²) in [5.41, 5.74) is 0. The van der Waals surface area contributed by atoms with Crippen LogP contribution in [-0.2, 0) is 42.9 Å². The zero-order valence-corrected chi connectivity index (χ0v) is 16.1. The molecule has 0 bridgehead atoms. The van der Waals surface area contributed by atoms with Crippen LogP contribution in [0.5, 0.6) is 0 Å². The van der Waals surface area contributed by atoms with E-state index in [1.807, 2.05) is 0 Å². The Morgan fingerprint density at radius 3 is 1.79 bits per heavy atom. The fraction of sp³-hybridized carbons (Fsp3) is 0.778. The van der Waals surface area contributed by atoms with Crippen LogP contribution in [0.3, 0.4) is 0 Å². The van der Waals surface area contributed by atoms with Gasteiger partial charge in [-0.3, -0.25) is 14.4 Å². The minimum Gasteiger partial charge on any atom is -0.479 e. The summed E-state index contributed by atoms with van der Waals surface area (Å²) in [5, 5.41) is 9.55. The Bertz CT molecular complexity index is 597. The van der Waals surface area contributed by atoms with E-state index in [0.717, 1.165) is 52.9 Å². The Morgan fingerprint density at radius 2 is 1.29 bits per heavy atom. The summed E-state index contributed by atoms with van der Waals surface area (Å²) in [6.45, 7) is 3.33. The van der Waals surface area contributed by atoms with E-state index in [1.165, 1.54) is 0 Å². The topological polar surface area (TPSA) is 135 Å². The lowest BCUT2D eigenvalue weighted by Gasteiger charge is -2.44. The normalized spacial score (nSPS) is 30.9. The van der Waals surface area contributed by atoms with E-state index in [9.17, 15) is 24.3 Å². The van der Waals surface area contributed by atoms with Crippen LogP contribution in [0.4, 0.5) is 0 Å². The third-order valence-electron chi connectivity index (χ3n) is 4.52. The summed E-state index contributed by atoms with van der Waals surface area (Å²) in [4.78, 5) is 46.5. The highest BCUT2D eigenvalue weighted by atomic mass is 16.7. The first-order chi connectivity index (χ1) is 13.2. The van der Waals surface area contributed by atoms with E-state index in [0.29, 0.717) is 0 Å². The molecule has 1 heterocycles. The van der Waals surface area contributed by atoms with Crippen molar-refractivity contribution in [3.63, 3.8) is 0 Å². The van der Waals surface area contributed by atoms with Gasteiger partial charge in [-0.05, 0) is 12.8 Å². The molecule has 0 aromatic heterocycles. The van der Waals surface area contributed by atoms with Crippen LogP contribution < -0.4 is 0 Å². The Morgan fingerprint density at radius 1 is 0.786 bits per heavy atom. The second kappa shape index (κ2) is 9.83. The molecule has 2 rings (SSSR count). The van der Waals surface area contributed by atoms with Gasteiger partial charge >= 0.3 is 23.9 Å². The lowest BCUT2D eigenvalue weighted by molar-refractivity contribution is -0.311. The molecular weight excluding hydrogens is 376 g/mol. The molecular formula is C18H26O10. The Labute approximate surface area is 162 Å². The number of aliphatic carboxylic acids is 1. The van der Waals surface area contributed by atoms with Gasteiger partial charge in [0.1, 0.15) is 0 Å². The average Bonchev–Trinajstić information content (AvgIpc) is 2.59. The lowest BCUT2D eigenvalue weighted by Crippen LogP contribution is -2.64. The molecule has 1 saturated carbocycles. The highest BCUT2D eigenvalue weighted by Crippen LogP contribution is 2.32. The van der Waals surface area contributed by atoms with Gasteiger partial charge in [0.05, 0.1) is 6.10 Å². The van der Waals surface area contributed by atoms with Crippen molar-refractivity contribution < 1.29 is 48.0 Å². The maximum absolute atomic E-state index is 11.7. The van der Waals surface area contributed by atoms with E-state index in [1.54, 1.807) is 0 Å². The summed E-state index contributed by atoms with van der Waals surface area (Å²) >= 11 is 0. The van der Waals surface area contributed by atoms with Gasteiger partial charge in [0.2, 0.25) is 0 Å². The highest BCUT2D eigenvalue weighted by molar-refractivity contribution is 5.75. The first kappa shape index (κ1) is 22.1. The standard InChI is InChI=1S/C18H26O10/c1-9(19)24-13-14(25-10(2)20)16(26-11(3)21)18(28-15(13)17(22)23)27-12-7-5-4-6-8-12/h12-16,18H,4-8H2,1-3H3,(H,22,23)/t13-,14-,15-,16+,18-/m0/s1. The smallest absolute Gasteiger partial charge is 0.337 e. The molecule has 0 amide bonds. The second-order valence-electron chi connectivity index (χ2n) is 6.88. The molecule has 0 spiro atoms. The van der Waals surface area contributed by atoms with Crippen molar-refractivity contribution >= 4 is 23.9 Å². The third-order valence-corrected chi connectivity index (χ3v) is 4.52. The van der Waals surface area contributed by atoms with Gasteiger partial charge in [0.15, 0.2) is 30.7 Å². The average molecular weight is 402 g/mol. The number of rotatable bonds is 6. The molecule has 10 heteroatoms. The summed E-state index contributed by atoms with van der Waals surface area (Å²) in [6, 6.07) is 0. The number of esters is 3. The lowest BCUT2D eigenvalue weighted by atomic mass is 9.96. The quantitative estimate of drug-likeness (QED) is 0.505. The van der Waals surface area contributed by atoms with Crippen molar-refractivity contribution in [1.29, 1.82) is 0 Å².